The van der Waals surface area contributed by atoms with Crippen molar-refractivity contribution in [2.75, 3.05) is 32.0 Å². The van der Waals surface area contributed by atoms with Gasteiger partial charge in [-0.2, -0.15) is 18.2 Å². The van der Waals surface area contributed by atoms with Crippen molar-refractivity contribution in [3.8, 4) is 16.9 Å². The monoisotopic (exact) mass is 724 g/mol. The van der Waals surface area contributed by atoms with Crippen LogP contribution >= 0.6 is 11.3 Å². The molecule has 2 amide bonds. The first-order chi connectivity index (χ1) is 23.1. The van der Waals surface area contributed by atoms with Crippen LogP contribution in [0.1, 0.15) is 26.0 Å². The molecule has 2 aromatic heterocycles. The van der Waals surface area contributed by atoms with E-state index in [9.17, 15) is 27.9 Å². The van der Waals surface area contributed by atoms with E-state index in [1.165, 1.54) is 19.2 Å². The van der Waals surface area contributed by atoms with Crippen LogP contribution in [-0.2, 0) is 47.5 Å². The Morgan fingerprint density at radius 2 is 1.94 bits per heavy atom. The molecule has 19 nitrogen and oxygen atoms in total. The van der Waals surface area contributed by atoms with Crippen molar-refractivity contribution in [1.29, 1.82) is 0 Å². The van der Waals surface area contributed by atoms with Gasteiger partial charge in [-0.15, -0.1) is 20.3 Å². The Kier molecular flexibility index (Phi) is 11.9. The number of nitrogens with one attached hydrogen (secondary N) is 2. The number of benzene rings is 1. The van der Waals surface area contributed by atoms with Gasteiger partial charge in [-0.1, -0.05) is 17.3 Å². The van der Waals surface area contributed by atoms with Gasteiger partial charge in [0, 0.05) is 18.5 Å². The van der Waals surface area contributed by atoms with Crippen LogP contribution in [-0.4, -0.2) is 100 Å². The normalized spacial score (nSPS) is 16.6. The number of nitrogen functional groups attached to an aromatic ring is 1. The first-order valence-electron chi connectivity index (χ1n) is 14.8. The molecule has 1 aliphatic rings. The summed E-state index contributed by atoms with van der Waals surface area (Å²) in [5.74, 6) is -3.10. The van der Waals surface area contributed by atoms with E-state index in [4.69, 9.17) is 25.6 Å². The summed E-state index contributed by atoms with van der Waals surface area (Å²) in [4.78, 5) is 47.0. The summed E-state index contributed by atoms with van der Waals surface area (Å²) in [5.41, 5.74) is 11.1. The second-order valence-electron chi connectivity index (χ2n) is 11.3. The fourth-order valence-corrected chi connectivity index (χ4v) is 5.73. The summed E-state index contributed by atoms with van der Waals surface area (Å²) in [5, 5.41) is 20.9. The van der Waals surface area contributed by atoms with E-state index in [2.05, 4.69) is 29.7 Å². The van der Waals surface area contributed by atoms with Crippen molar-refractivity contribution < 1.29 is 51.0 Å². The number of rotatable bonds is 18. The highest BCUT2D eigenvalue weighted by Crippen LogP contribution is 2.33. The number of oxime groups is 1. The molecule has 0 bridgehead atoms. The van der Waals surface area contributed by atoms with Crippen LogP contribution in [0, 0.1) is 0 Å². The first kappa shape index (κ1) is 37.2. The average molecular weight is 725 g/mol. The first-order valence-corrected chi connectivity index (χ1v) is 17.0. The number of hydroxylamine groups is 2. The quantitative estimate of drug-likeness (QED) is 0.0231. The Balaban J connectivity index is 1.40. The lowest BCUT2D eigenvalue weighted by Gasteiger charge is -2.50. The van der Waals surface area contributed by atoms with Crippen molar-refractivity contribution in [2.24, 2.45) is 17.9 Å². The highest BCUT2D eigenvalue weighted by molar-refractivity contribution is 7.80. The Morgan fingerprint density at radius 3 is 2.53 bits per heavy atom. The lowest BCUT2D eigenvalue weighted by Crippen LogP contribution is -2.76. The number of anilines is 1. The highest BCUT2D eigenvalue weighted by Gasteiger charge is 2.58. The summed E-state index contributed by atoms with van der Waals surface area (Å²) >= 11 is 0.962. The smallest absolute Gasteiger partial charge is 0.418 e. The molecule has 2 atom stereocenters. The summed E-state index contributed by atoms with van der Waals surface area (Å²) in [6.07, 6.45) is 3.28. The number of carboxylic acids is 1. The molecule has 266 valence electrons. The third-order valence-corrected chi connectivity index (χ3v) is 8.33. The maximum Gasteiger partial charge on any atom is 0.418 e. The number of β-lactam (4-membered cyclic amide) rings is 1. The summed E-state index contributed by atoms with van der Waals surface area (Å²) in [6, 6.07) is 5.68. The van der Waals surface area contributed by atoms with E-state index in [1.54, 1.807) is 12.1 Å². The molecule has 1 unspecified atom stereocenters. The number of carbonyl (C=O) groups is 3. The molecule has 1 fully saturated rings. The number of thiazole rings is 1. The zero-order valence-electron chi connectivity index (χ0n) is 26.8. The molecule has 3 aromatic rings. The van der Waals surface area contributed by atoms with Crippen LogP contribution in [0.5, 0.6) is 5.75 Å². The fourth-order valence-electron chi connectivity index (χ4n) is 4.72. The third-order valence-electron chi connectivity index (χ3n) is 7.32. The average Bonchev–Trinajstić information content (AvgIpc) is 3.64. The predicted octanol–water partition coefficient (Wildman–Crippen LogP) is -0.950. The zero-order chi connectivity index (χ0) is 35.9. The van der Waals surface area contributed by atoms with Crippen LogP contribution < -0.4 is 31.5 Å². The van der Waals surface area contributed by atoms with Crippen LogP contribution in [0.2, 0.25) is 0 Å². The molecule has 0 spiro atoms. The van der Waals surface area contributed by atoms with Crippen LogP contribution in [0.15, 0.2) is 47.2 Å². The molecule has 21 heteroatoms. The van der Waals surface area contributed by atoms with E-state index < -0.39 is 58.2 Å². The number of hydrogen-bond donors (Lipinski definition) is 6. The molecule has 8 N–H and O–H groups in total. The van der Waals surface area contributed by atoms with Gasteiger partial charge in [-0.05, 0) is 44.5 Å². The predicted molar refractivity (Wildman–Crippen MR) is 174 cm³/mol. The number of hydrogen-bond acceptors (Lipinski definition) is 14. The van der Waals surface area contributed by atoms with Gasteiger partial charge in [0.05, 0.1) is 23.8 Å². The van der Waals surface area contributed by atoms with Crippen molar-refractivity contribution in [3.05, 3.63) is 47.7 Å². The highest BCUT2D eigenvalue weighted by atomic mass is 32.3. The third kappa shape index (κ3) is 9.49. The molecule has 0 saturated carbocycles. The molecule has 1 saturated heterocycles. The Labute approximate surface area is 285 Å². The number of nitrogens with two attached hydrogens (primary N) is 2. The van der Waals surface area contributed by atoms with Gasteiger partial charge in [0.2, 0.25) is 6.20 Å². The lowest BCUT2D eigenvalue weighted by atomic mass is 9.84. The number of carbonyl (C=O) groups excluding carboxylic acids is 2. The Hall–Kier alpha value is -4.67. The van der Waals surface area contributed by atoms with E-state index in [-0.39, 0.29) is 10.8 Å². The van der Waals surface area contributed by atoms with E-state index in [0.29, 0.717) is 17.4 Å². The summed E-state index contributed by atoms with van der Waals surface area (Å²) in [6.45, 7) is 5.27. The summed E-state index contributed by atoms with van der Waals surface area (Å²) < 4.78 is 45.2. The number of carboxylic acid groups (broad SMARTS) is 1. The maximum atomic E-state index is 13.2. The van der Waals surface area contributed by atoms with Crippen molar-refractivity contribution in [3.63, 3.8) is 0 Å². The molecular formula is C28H38N9O10S2+. The topological polar surface area (TPSA) is 267 Å². The van der Waals surface area contributed by atoms with Gasteiger partial charge < -0.3 is 36.8 Å². The fraction of sp³-hybridized carbons (Fsp3) is 0.429. The molecule has 0 radical (unpaired) electrons. The van der Waals surface area contributed by atoms with Crippen LogP contribution in [0.4, 0.5) is 5.13 Å². The molecular weight excluding hydrogens is 686 g/mol. The summed E-state index contributed by atoms with van der Waals surface area (Å²) in [7, 11) is -3.07. The standard InChI is InChI=1S/C28H37N9O10S2/c1-28(2)23(25(39)37(28)47-49(42,43)44)33-24(38)22(20-16-48-27(30)32-20)34-46-21(26(40)41)15-45-19-7-5-17(6-8-19)18-13-35(3)36(14-18)12-4-10-31-11-9-29/h5-8,13-14,16,21,23,31H,4,9-12,15,29H2,1-3H3,(H4-,30,32,33,38,40,41,42,43,44)/p+1/b34-22+/t21?,23-/m1/s1. The molecule has 4 rings (SSSR count). The molecule has 1 aromatic carbocycles. The minimum atomic E-state index is -5.02. The van der Waals surface area contributed by atoms with Crippen molar-refractivity contribution >= 4 is 50.4 Å². The number of amides is 2. The second-order valence-corrected chi connectivity index (χ2v) is 13.2. The van der Waals surface area contributed by atoms with Crippen LogP contribution in [0.3, 0.4) is 0 Å². The van der Waals surface area contributed by atoms with Gasteiger partial charge >= 0.3 is 16.4 Å². The zero-order valence-corrected chi connectivity index (χ0v) is 28.4. The van der Waals surface area contributed by atoms with E-state index in [1.807, 2.05) is 36.3 Å². The number of aryl methyl sites for hydroxylation is 2. The van der Waals surface area contributed by atoms with E-state index >= 15 is 0 Å². The van der Waals surface area contributed by atoms with Gasteiger partial charge in [0.25, 0.3) is 17.9 Å². The molecule has 49 heavy (non-hydrogen) atoms. The molecule has 0 aliphatic carbocycles. The van der Waals surface area contributed by atoms with Crippen molar-refractivity contribution in [2.45, 2.75) is 44.5 Å². The minimum Gasteiger partial charge on any atom is -0.489 e. The number of aromatic nitrogens is 3. The van der Waals surface area contributed by atoms with Gasteiger partial charge in [0.1, 0.15) is 24.1 Å². The largest absolute Gasteiger partial charge is 0.489 e. The SMILES string of the molecule is C[n+]1cc(-c2ccc(OCC(O/N=C(/C(=O)N[C@@H]3C(=O)N(OS(=O)(=O)O)C3(C)C)c3csc(N)n3)C(=O)O)cc2)cn1CCCNCCN. The number of ether oxygens (including phenoxy) is 1. The number of aliphatic carboxylic acids is 1. The minimum absolute atomic E-state index is 0.0609. The molecule has 1 aliphatic heterocycles. The van der Waals surface area contributed by atoms with Crippen LogP contribution in [0.25, 0.3) is 11.1 Å². The molecule has 3 heterocycles. The number of nitrogens with zero attached hydrogens (tertiary/aromatic N) is 5. The van der Waals surface area contributed by atoms with Gasteiger partial charge in [0.15, 0.2) is 17.9 Å². The Morgan fingerprint density at radius 1 is 1.22 bits per heavy atom. The second kappa shape index (κ2) is 15.7. The van der Waals surface area contributed by atoms with E-state index in [0.717, 1.165) is 48.5 Å². The Bertz CT molecular complexity index is 1790. The lowest BCUT2D eigenvalue weighted by molar-refractivity contribution is -0.753. The van der Waals surface area contributed by atoms with Gasteiger partial charge in [-0.3, -0.25) is 14.1 Å². The van der Waals surface area contributed by atoms with Crippen molar-refractivity contribution in [1.82, 2.24) is 25.4 Å². The maximum absolute atomic E-state index is 13.2. The van der Waals surface area contributed by atoms with Gasteiger partial charge in [-0.25, -0.2) is 9.78 Å².